The van der Waals surface area contributed by atoms with Crippen molar-refractivity contribution in [1.82, 2.24) is 20.9 Å². The summed E-state index contributed by atoms with van der Waals surface area (Å²) in [4.78, 5) is 68.6. The van der Waals surface area contributed by atoms with Gasteiger partial charge in [0.1, 0.15) is 12.1 Å². The topological polar surface area (TPSA) is 185 Å². The minimum absolute atomic E-state index is 0.0924. The van der Waals surface area contributed by atoms with Crippen molar-refractivity contribution >= 4 is 39.4 Å². The molecule has 4 aliphatic carbocycles. The average molecular weight is 676 g/mol. The number of ketones is 1. The van der Waals surface area contributed by atoms with Crippen LogP contribution < -0.4 is 21.7 Å². The van der Waals surface area contributed by atoms with E-state index in [1.54, 1.807) is 4.90 Å². The van der Waals surface area contributed by atoms with E-state index in [1.165, 1.54) is 0 Å². The summed E-state index contributed by atoms with van der Waals surface area (Å²) >= 11 is 0. The minimum Gasteiger partial charge on any atom is -0.363 e. The van der Waals surface area contributed by atoms with Gasteiger partial charge in [0.05, 0.1) is 22.6 Å². The zero-order chi connectivity index (χ0) is 33.7. The summed E-state index contributed by atoms with van der Waals surface area (Å²) in [5, 5.41) is 8.33. The minimum atomic E-state index is -3.34. The van der Waals surface area contributed by atoms with Crippen molar-refractivity contribution in [2.75, 3.05) is 12.3 Å². The van der Waals surface area contributed by atoms with E-state index in [4.69, 9.17) is 5.73 Å². The van der Waals surface area contributed by atoms with Crippen LogP contribution in [0.5, 0.6) is 0 Å². The molecular weight excluding hydrogens is 622 g/mol. The number of likely N-dealkylation sites (tertiary alicyclic amines) is 1. The highest BCUT2D eigenvalue weighted by Crippen LogP contribution is 2.65. The molecule has 6 atom stereocenters. The van der Waals surface area contributed by atoms with Gasteiger partial charge in [0.2, 0.25) is 17.6 Å². The third-order valence-electron chi connectivity index (χ3n) is 12.6. The lowest BCUT2D eigenvalue weighted by Crippen LogP contribution is -2.64. The highest BCUT2D eigenvalue weighted by Gasteiger charge is 2.70. The molecule has 0 radical (unpaired) electrons. The molecule has 47 heavy (non-hydrogen) atoms. The number of nitrogens with one attached hydrogen (secondary N) is 3. The van der Waals surface area contributed by atoms with Crippen LogP contribution in [0.4, 0.5) is 4.79 Å². The number of carbonyl (C=O) groups excluding carboxylic acids is 5. The Morgan fingerprint density at radius 3 is 2.13 bits per heavy atom. The Morgan fingerprint density at radius 1 is 0.872 bits per heavy atom. The number of sulfone groups is 1. The number of nitrogens with two attached hydrogens (primary N) is 1. The summed E-state index contributed by atoms with van der Waals surface area (Å²) in [6, 6.07) is -3.27. The third kappa shape index (κ3) is 6.79. The highest BCUT2D eigenvalue weighted by atomic mass is 32.2. The first kappa shape index (κ1) is 34.2. The van der Waals surface area contributed by atoms with Crippen molar-refractivity contribution in [2.24, 2.45) is 34.8 Å². The van der Waals surface area contributed by atoms with E-state index >= 15 is 0 Å². The molecule has 0 aromatic carbocycles. The lowest BCUT2D eigenvalue weighted by molar-refractivity contribution is -0.144. The van der Waals surface area contributed by atoms with Crippen LogP contribution in [0.25, 0.3) is 0 Å². The predicted octanol–water partition coefficient (Wildman–Crippen LogP) is 2.34. The van der Waals surface area contributed by atoms with Gasteiger partial charge in [0.25, 0.3) is 5.91 Å². The van der Waals surface area contributed by atoms with Crippen molar-refractivity contribution in [1.29, 1.82) is 0 Å². The van der Waals surface area contributed by atoms with Crippen LogP contribution in [0.1, 0.15) is 110 Å². The molecule has 2 heterocycles. The quantitative estimate of drug-likeness (QED) is 0.242. The second-order valence-corrected chi connectivity index (χ2v) is 18.3. The predicted molar refractivity (Wildman–Crippen MR) is 174 cm³/mol. The van der Waals surface area contributed by atoms with Crippen LogP contribution in [0.2, 0.25) is 0 Å². The van der Waals surface area contributed by atoms with Crippen molar-refractivity contribution in [3.63, 3.8) is 0 Å². The molecule has 5 amide bonds. The maximum absolute atomic E-state index is 14.6. The molecule has 2 saturated heterocycles. The van der Waals surface area contributed by atoms with Crippen LogP contribution in [0.15, 0.2) is 0 Å². The van der Waals surface area contributed by atoms with Gasteiger partial charge in [-0.25, -0.2) is 13.2 Å². The average Bonchev–Trinajstić information content (AvgIpc) is 3.81. The second-order valence-electron chi connectivity index (χ2n) is 16.0. The number of Topliss-reactive ketones (excluding diaryl/α,β-unsaturated/α-hetero) is 1. The third-order valence-corrected chi connectivity index (χ3v) is 15.0. The fourth-order valence-corrected chi connectivity index (χ4v) is 12.1. The smallest absolute Gasteiger partial charge is 0.315 e. The Labute approximate surface area is 278 Å². The van der Waals surface area contributed by atoms with Gasteiger partial charge < -0.3 is 26.6 Å². The molecule has 0 bridgehead atoms. The Hall–Kier alpha value is -2.70. The van der Waals surface area contributed by atoms with Gasteiger partial charge in [0.15, 0.2) is 9.84 Å². The van der Waals surface area contributed by atoms with Gasteiger partial charge in [-0.2, -0.15) is 0 Å². The largest absolute Gasteiger partial charge is 0.363 e. The molecule has 4 saturated carbocycles. The van der Waals surface area contributed by atoms with Gasteiger partial charge in [-0.1, -0.05) is 65.2 Å². The molecule has 262 valence electrons. The Balaban J connectivity index is 1.23. The first-order valence-electron chi connectivity index (χ1n) is 18.0. The number of rotatable bonds is 11. The standard InChI is InChI=1S/C34H53N5O7S/c1-33(2)22-19-39(27(25(22)33)30(42)36-23(18-20-13-14-20)28(40)29(35)41)31(43)26(21-10-5-3-6-11-21)37-32(44)38-34(15-7-4-8-16-34)24-12-9-17-47(24,45)46/h20-27H,3-19H2,1-2H3,(H2,35,41)(H,36,42)(H2,37,38,44)/t22-,23?,24?,25-,26-,27-/m0/s1. The van der Waals surface area contributed by atoms with Crippen molar-refractivity contribution in [3.05, 3.63) is 0 Å². The molecular formula is C34H53N5O7S. The van der Waals surface area contributed by atoms with Gasteiger partial charge in [-0.05, 0) is 74.0 Å². The highest BCUT2D eigenvalue weighted by molar-refractivity contribution is 7.92. The van der Waals surface area contributed by atoms with Crippen LogP contribution in [0, 0.1) is 29.1 Å². The fourth-order valence-electron chi connectivity index (χ4n) is 9.71. The van der Waals surface area contributed by atoms with Gasteiger partial charge in [-0.15, -0.1) is 0 Å². The zero-order valence-electron chi connectivity index (χ0n) is 27.9. The SMILES string of the molecule is CC1(C)[C@@H]2[C@@H](C(=O)NC(CC3CC3)C(=O)C(N)=O)N(C(=O)[C@@H](NC(=O)NC3(C4CCCS4(=O)=O)CCCCC3)C3CCCCC3)C[C@@H]21. The number of carbonyl (C=O) groups is 5. The Bertz CT molecular complexity index is 1380. The zero-order valence-corrected chi connectivity index (χ0v) is 28.7. The molecule has 13 heteroatoms. The molecule has 6 rings (SSSR count). The molecule has 0 aromatic heterocycles. The van der Waals surface area contributed by atoms with Crippen LogP contribution in [-0.4, -0.2) is 84.1 Å². The van der Waals surface area contributed by atoms with E-state index in [-0.39, 0.29) is 40.7 Å². The van der Waals surface area contributed by atoms with E-state index in [0.29, 0.717) is 38.6 Å². The summed E-state index contributed by atoms with van der Waals surface area (Å²) in [6.07, 6.45) is 11.6. The van der Waals surface area contributed by atoms with E-state index in [0.717, 1.165) is 64.2 Å². The first-order chi connectivity index (χ1) is 22.2. The lowest BCUT2D eigenvalue weighted by Gasteiger charge is -2.43. The number of amides is 5. The maximum atomic E-state index is 14.6. The molecule has 0 aromatic rings. The molecule has 2 unspecified atom stereocenters. The van der Waals surface area contributed by atoms with Gasteiger partial charge in [0, 0.05) is 6.54 Å². The lowest BCUT2D eigenvalue weighted by atomic mass is 9.78. The molecule has 6 aliphatic rings. The number of hydrogen-bond donors (Lipinski definition) is 4. The molecule has 12 nitrogen and oxygen atoms in total. The maximum Gasteiger partial charge on any atom is 0.315 e. The van der Waals surface area contributed by atoms with Crippen molar-refractivity contribution < 1.29 is 32.4 Å². The summed E-state index contributed by atoms with van der Waals surface area (Å²) in [6.45, 7) is 4.51. The van der Waals surface area contributed by atoms with Crippen LogP contribution in [0.3, 0.4) is 0 Å². The number of fused-ring (bicyclic) bond motifs is 1. The number of piperidine rings is 1. The van der Waals surface area contributed by atoms with Gasteiger partial charge in [-0.3, -0.25) is 19.2 Å². The number of hydrogen-bond acceptors (Lipinski definition) is 7. The summed E-state index contributed by atoms with van der Waals surface area (Å²) in [5.41, 5.74) is 4.30. The molecule has 5 N–H and O–H groups in total. The van der Waals surface area contributed by atoms with Crippen molar-refractivity contribution in [2.45, 2.75) is 139 Å². The number of nitrogens with zero attached hydrogens (tertiary/aromatic N) is 1. The Morgan fingerprint density at radius 2 is 1.53 bits per heavy atom. The van der Waals surface area contributed by atoms with E-state index in [1.807, 2.05) is 0 Å². The molecule has 2 aliphatic heterocycles. The number of primary amides is 1. The molecule has 0 spiro atoms. The van der Waals surface area contributed by atoms with Gasteiger partial charge >= 0.3 is 6.03 Å². The summed E-state index contributed by atoms with van der Waals surface area (Å²) < 4.78 is 26.2. The van der Waals surface area contributed by atoms with E-state index in [2.05, 4.69) is 29.8 Å². The normalized spacial score (nSPS) is 32.0. The van der Waals surface area contributed by atoms with Crippen LogP contribution >= 0.6 is 0 Å². The first-order valence-corrected chi connectivity index (χ1v) is 19.7. The molecule has 6 fully saturated rings. The van der Waals surface area contributed by atoms with Crippen molar-refractivity contribution in [3.8, 4) is 0 Å². The summed E-state index contributed by atoms with van der Waals surface area (Å²) in [7, 11) is -3.34. The van der Waals surface area contributed by atoms with E-state index < -0.39 is 62.4 Å². The van der Waals surface area contributed by atoms with Crippen LogP contribution in [-0.2, 0) is 29.0 Å². The fraction of sp³-hybridized carbons (Fsp3) is 0.853. The van der Waals surface area contributed by atoms with E-state index in [9.17, 15) is 32.4 Å². The number of urea groups is 1. The second kappa shape index (κ2) is 13.0. The summed E-state index contributed by atoms with van der Waals surface area (Å²) in [5.74, 6) is -2.45. The Kier molecular flexibility index (Phi) is 9.43. The monoisotopic (exact) mass is 675 g/mol.